The second-order valence-electron chi connectivity index (χ2n) is 8.02. The summed E-state index contributed by atoms with van der Waals surface area (Å²) in [6.07, 6.45) is 3.88. The van der Waals surface area contributed by atoms with E-state index in [4.69, 9.17) is 4.74 Å². The lowest BCUT2D eigenvalue weighted by Gasteiger charge is -2.32. The molecule has 5 rings (SSSR count). The Labute approximate surface area is 208 Å². The second kappa shape index (κ2) is 10.3. The number of fused-ring (bicyclic) bond motifs is 1. The van der Waals surface area contributed by atoms with Crippen molar-refractivity contribution >= 4 is 45.3 Å². The van der Waals surface area contributed by atoms with Gasteiger partial charge in [-0.2, -0.15) is 0 Å². The summed E-state index contributed by atoms with van der Waals surface area (Å²) in [5, 5.41) is 15.9. The highest BCUT2D eigenvalue weighted by Crippen LogP contribution is 2.30. The summed E-state index contributed by atoms with van der Waals surface area (Å²) in [6.45, 7) is 1.18. The quantitative estimate of drug-likeness (QED) is 0.345. The Kier molecular flexibility index (Phi) is 6.73. The van der Waals surface area contributed by atoms with Crippen molar-refractivity contribution in [3.8, 4) is 10.4 Å². The summed E-state index contributed by atoms with van der Waals surface area (Å²) in [7, 11) is 0. The van der Waals surface area contributed by atoms with Gasteiger partial charge in [-0.05, 0) is 17.7 Å². The Morgan fingerprint density at radius 3 is 2.83 bits per heavy atom. The fourth-order valence-corrected chi connectivity index (χ4v) is 4.69. The highest BCUT2D eigenvalue weighted by atomic mass is 32.1. The largest absolute Gasteiger partial charge is 0.465 e. The van der Waals surface area contributed by atoms with Crippen LogP contribution in [-0.2, 0) is 16.1 Å². The molecule has 2 amide bonds. The van der Waals surface area contributed by atoms with Gasteiger partial charge in [0.15, 0.2) is 5.13 Å². The maximum Gasteiger partial charge on any atom is 0.408 e. The van der Waals surface area contributed by atoms with Crippen LogP contribution in [-0.4, -0.2) is 73.9 Å². The fraction of sp³-hybridized carbons (Fsp3) is 0.261. The van der Waals surface area contributed by atoms with Crippen LogP contribution in [0.1, 0.15) is 0 Å². The molecule has 11 nitrogen and oxygen atoms in total. The minimum absolute atomic E-state index is 0.0342. The van der Waals surface area contributed by atoms with Crippen LogP contribution in [0.4, 0.5) is 20.1 Å². The van der Waals surface area contributed by atoms with Crippen molar-refractivity contribution in [3.05, 3.63) is 54.9 Å². The summed E-state index contributed by atoms with van der Waals surface area (Å²) in [6, 6.07) is 7.20. The average Bonchev–Trinajstić information content (AvgIpc) is 3.51. The minimum Gasteiger partial charge on any atom is -0.465 e. The van der Waals surface area contributed by atoms with E-state index in [1.807, 2.05) is 10.6 Å². The van der Waals surface area contributed by atoms with E-state index in [1.165, 1.54) is 23.5 Å². The number of rotatable bonds is 7. The van der Waals surface area contributed by atoms with Crippen LogP contribution in [0.2, 0.25) is 0 Å². The first kappa shape index (κ1) is 23.6. The standard InChI is InChI=1S/C23H22FN7O4S/c24-15-3-1-14(2-4-15)19-11-27-22(36-19)29-20-9-17-16(10-26-20)28-13-30(17)6-5-25-21(32)18-12-35-8-7-31(18)23(33)34/h1-4,9-11,13,18H,5-8,12H2,(H,25,32)(H,33,34)(H,26,27,29)/t18-/m0/s1. The lowest BCUT2D eigenvalue weighted by Crippen LogP contribution is -2.55. The zero-order valence-electron chi connectivity index (χ0n) is 18.9. The number of carbonyl (C=O) groups excluding carboxylic acids is 1. The molecule has 36 heavy (non-hydrogen) atoms. The number of hydrogen-bond donors (Lipinski definition) is 3. The van der Waals surface area contributed by atoms with Crippen LogP contribution < -0.4 is 10.6 Å². The highest BCUT2D eigenvalue weighted by molar-refractivity contribution is 7.18. The molecule has 3 N–H and O–H groups in total. The van der Waals surface area contributed by atoms with Crippen LogP contribution in [0.3, 0.4) is 0 Å². The predicted octanol–water partition coefficient (Wildman–Crippen LogP) is 2.93. The molecule has 1 aliphatic heterocycles. The first-order valence-electron chi connectivity index (χ1n) is 11.1. The van der Waals surface area contributed by atoms with E-state index < -0.39 is 18.0 Å². The number of hydrogen-bond acceptors (Lipinski definition) is 8. The number of pyridine rings is 1. The molecular formula is C23H22FN7O4S. The van der Waals surface area contributed by atoms with Gasteiger partial charge in [-0.1, -0.05) is 23.5 Å². The topological polar surface area (TPSA) is 134 Å². The molecule has 4 heterocycles. The summed E-state index contributed by atoms with van der Waals surface area (Å²) in [5.74, 6) is -0.114. The van der Waals surface area contributed by atoms with Gasteiger partial charge >= 0.3 is 6.09 Å². The van der Waals surface area contributed by atoms with Crippen LogP contribution in [0.15, 0.2) is 49.1 Å². The van der Waals surface area contributed by atoms with Crippen molar-refractivity contribution in [2.45, 2.75) is 12.6 Å². The van der Waals surface area contributed by atoms with Gasteiger partial charge in [0, 0.05) is 31.9 Å². The third kappa shape index (κ3) is 5.11. The van der Waals surface area contributed by atoms with Gasteiger partial charge in [-0.15, -0.1) is 0 Å². The summed E-state index contributed by atoms with van der Waals surface area (Å²) in [4.78, 5) is 39.0. The van der Waals surface area contributed by atoms with Crippen LogP contribution in [0, 0.1) is 5.82 Å². The van der Waals surface area contributed by atoms with E-state index in [-0.39, 0.29) is 32.1 Å². The number of ether oxygens (including phenoxy) is 1. The fourth-order valence-electron chi connectivity index (χ4n) is 3.86. The molecule has 1 atom stereocenters. The first-order valence-corrected chi connectivity index (χ1v) is 11.9. The van der Waals surface area contributed by atoms with Gasteiger partial charge in [0.05, 0.1) is 36.1 Å². The molecule has 0 spiro atoms. The molecule has 1 aromatic carbocycles. The number of morpholine rings is 1. The molecule has 0 aliphatic carbocycles. The lowest BCUT2D eigenvalue weighted by molar-refractivity contribution is -0.131. The minimum atomic E-state index is -1.14. The molecule has 13 heteroatoms. The third-order valence-corrected chi connectivity index (χ3v) is 6.67. The second-order valence-corrected chi connectivity index (χ2v) is 9.05. The Bertz CT molecular complexity index is 1390. The highest BCUT2D eigenvalue weighted by Gasteiger charge is 2.32. The van der Waals surface area contributed by atoms with Crippen molar-refractivity contribution in [1.29, 1.82) is 0 Å². The predicted molar refractivity (Wildman–Crippen MR) is 131 cm³/mol. The van der Waals surface area contributed by atoms with E-state index in [2.05, 4.69) is 25.6 Å². The number of anilines is 2. The van der Waals surface area contributed by atoms with Gasteiger partial charge in [0.25, 0.3) is 0 Å². The van der Waals surface area contributed by atoms with Crippen LogP contribution in [0.5, 0.6) is 0 Å². The number of aromatic nitrogens is 4. The average molecular weight is 512 g/mol. The molecular weight excluding hydrogens is 489 g/mol. The Morgan fingerprint density at radius 1 is 1.19 bits per heavy atom. The number of carbonyl (C=O) groups is 2. The van der Waals surface area contributed by atoms with Crippen molar-refractivity contribution in [2.75, 3.05) is 31.6 Å². The molecule has 1 saturated heterocycles. The van der Waals surface area contributed by atoms with Crippen molar-refractivity contribution < 1.29 is 23.8 Å². The van der Waals surface area contributed by atoms with Gasteiger partial charge in [0.2, 0.25) is 5.91 Å². The molecule has 3 aromatic heterocycles. The molecule has 0 unspecified atom stereocenters. The van der Waals surface area contributed by atoms with Gasteiger partial charge in [0.1, 0.15) is 23.2 Å². The number of nitrogens with zero attached hydrogens (tertiary/aromatic N) is 5. The molecule has 0 saturated carbocycles. The van der Waals surface area contributed by atoms with Gasteiger partial charge < -0.3 is 25.0 Å². The maximum absolute atomic E-state index is 13.2. The van der Waals surface area contributed by atoms with Gasteiger partial charge in [-0.3, -0.25) is 9.69 Å². The monoisotopic (exact) mass is 511 g/mol. The Balaban J connectivity index is 1.23. The van der Waals surface area contributed by atoms with E-state index in [9.17, 15) is 19.1 Å². The normalized spacial score (nSPS) is 15.7. The summed E-state index contributed by atoms with van der Waals surface area (Å²) < 4.78 is 20.3. The summed E-state index contributed by atoms with van der Waals surface area (Å²) in [5.41, 5.74) is 2.37. The number of nitrogens with one attached hydrogen (secondary N) is 2. The van der Waals surface area contributed by atoms with Crippen molar-refractivity contribution in [2.24, 2.45) is 0 Å². The Hall–Kier alpha value is -4.10. The SMILES string of the molecule is O=C(NCCn1cnc2cnc(Nc3ncc(-c4ccc(F)cc4)s3)cc21)[C@@H]1COCCN1C(=O)O. The number of imidazole rings is 1. The van der Waals surface area contributed by atoms with Crippen LogP contribution >= 0.6 is 11.3 Å². The van der Waals surface area contributed by atoms with E-state index in [0.29, 0.717) is 23.0 Å². The number of carboxylic acid groups (broad SMARTS) is 1. The van der Waals surface area contributed by atoms with E-state index in [1.54, 1.807) is 30.9 Å². The van der Waals surface area contributed by atoms with Crippen molar-refractivity contribution in [1.82, 2.24) is 29.7 Å². The van der Waals surface area contributed by atoms with E-state index >= 15 is 0 Å². The summed E-state index contributed by atoms with van der Waals surface area (Å²) >= 11 is 1.42. The lowest BCUT2D eigenvalue weighted by atomic mass is 10.2. The molecule has 0 bridgehead atoms. The molecule has 1 fully saturated rings. The molecule has 4 aromatic rings. The molecule has 0 radical (unpaired) electrons. The van der Waals surface area contributed by atoms with Crippen molar-refractivity contribution in [3.63, 3.8) is 0 Å². The number of halogens is 1. The first-order chi connectivity index (χ1) is 17.5. The Morgan fingerprint density at radius 2 is 2.03 bits per heavy atom. The van der Waals surface area contributed by atoms with E-state index in [0.717, 1.165) is 20.9 Å². The zero-order valence-corrected chi connectivity index (χ0v) is 19.7. The molecule has 1 aliphatic rings. The smallest absolute Gasteiger partial charge is 0.408 e. The molecule has 186 valence electrons. The number of benzene rings is 1. The maximum atomic E-state index is 13.2. The number of amides is 2. The van der Waals surface area contributed by atoms with Crippen LogP contribution in [0.25, 0.3) is 21.5 Å². The van der Waals surface area contributed by atoms with Gasteiger partial charge in [-0.25, -0.2) is 24.1 Å². The zero-order chi connectivity index (χ0) is 25.1. The number of thiazole rings is 1. The third-order valence-electron chi connectivity index (χ3n) is 5.71.